The Labute approximate surface area is 129 Å². The van der Waals surface area contributed by atoms with Crippen molar-refractivity contribution in [2.75, 3.05) is 21.2 Å². The minimum atomic E-state index is 0.715. The number of methoxy groups -OCH3 is 1. The van der Waals surface area contributed by atoms with E-state index in [0.29, 0.717) is 6.61 Å². The van der Waals surface area contributed by atoms with E-state index in [9.17, 15) is 0 Å². The van der Waals surface area contributed by atoms with E-state index in [0.717, 1.165) is 6.54 Å². The lowest BCUT2D eigenvalue weighted by atomic mass is 10.1. The van der Waals surface area contributed by atoms with Crippen LogP contribution in [0.1, 0.15) is 22.3 Å². The Morgan fingerprint density at radius 2 is 1.29 bits per heavy atom. The molecule has 2 nitrogen and oxygen atoms in total. The van der Waals surface area contributed by atoms with Crippen LogP contribution in [-0.4, -0.2) is 26.1 Å². The fourth-order valence-electron chi connectivity index (χ4n) is 2.06. The Balaban J connectivity index is 0.000000211. The lowest BCUT2D eigenvalue weighted by Gasteiger charge is -2.11. The van der Waals surface area contributed by atoms with Gasteiger partial charge in [0.15, 0.2) is 0 Å². The normalized spacial score (nSPS) is 10.2. The molecule has 2 rings (SSSR count). The Kier molecular flexibility index (Phi) is 7.73. The third-order valence-corrected chi connectivity index (χ3v) is 3.31. The van der Waals surface area contributed by atoms with Crippen molar-refractivity contribution in [2.24, 2.45) is 0 Å². The highest BCUT2D eigenvalue weighted by atomic mass is 16.5. The maximum Gasteiger partial charge on any atom is 0.0715 e. The first kappa shape index (κ1) is 17.4. The summed E-state index contributed by atoms with van der Waals surface area (Å²) in [6.07, 6.45) is 0. The molecule has 0 radical (unpaired) electrons. The smallest absolute Gasteiger partial charge is 0.0715 e. The van der Waals surface area contributed by atoms with Crippen molar-refractivity contribution in [3.05, 3.63) is 70.8 Å². The summed E-state index contributed by atoms with van der Waals surface area (Å²) in [6, 6.07) is 16.7. The molecule has 0 aromatic heterocycles. The fraction of sp³-hybridized carbons (Fsp3) is 0.368. The second-order valence-corrected chi connectivity index (χ2v) is 5.52. The van der Waals surface area contributed by atoms with E-state index in [4.69, 9.17) is 4.74 Å². The van der Waals surface area contributed by atoms with Gasteiger partial charge in [-0.05, 0) is 50.2 Å². The van der Waals surface area contributed by atoms with Crippen LogP contribution in [0, 0.1) is 13.8 Å². The minimum Gasteiger partial charge on any atom is -0.380 e. The van der Waals surface area contributed by atoms with Crippen LogP contribution >= 0.6 is 0 Å². The van der Waals surface area contributed by atoms with E-state index in [-0.39, 0.29) is 0 Å². The Bertz CT molecular complexity index is 535. The van der Waals surface area contributed by atoms with Crippen molar-refractivity contribution < 1.29 is 4.74 Å². The molecular formula is C19H27NO. The molecule has 0 N–H and O–H groups in total. The summed E-state index contributed by atoms with van der Waals surface area (Å²) in [5.74, 6) is 0. The molecule has 0 saturated heterocycles. The van der Waals surface area contributed by atoms with Gasteiger partial charge in [-0.2, -0.15) is 0 Å². The third-order valence-electron chi connectivity index (χ3n) is 3.31. The Morgan fingerprint density at radius 3 is 1.71 bits per heavy atom. The van der Waals surface area contributed by atoms with Crippen LogP contribution in [0.25, 0.3) is 0 Å². The van der Waals surface area contributed by atoms with Crippen LogP contribution in [0.3, 0.4) is 0 Å². The van der Waals surface area contributed by atoms with E-state index in [1.807, 2.05) is 12.1 Å². The molecule has 21 heavy (non-hydrogen) atoms. The highest BCUT2D eigenvalue weighted by Gasteiger charge is 1.96. The van der Waals surface area contributed by atoms with Gasteiger partial charge in [0.2, 0.25) is 0 Å². The van der Waals surface area contributed by atoms with Gasteiger partial charge in [-0.15, -0.1) is 0 Å². The molecule has 2 heteroatoms. The number of ether oxygens (including phenoxy) is 1. The maximum atomic E-state index is 5.01. The second kappa shape index (κ2) is 9.32. The van der Waals surface area contributed by atoms with Crippen molar-refractivity contribution in [3.63, 3.8) is 0 Å². The number of hydrogen-bond donors (Lipinski definition) is 0. The first-order valence-corrected chi connectivity index (χ1v) is 7.27. The average Bonchev–Trinajstić information content (AvgIpc) is 2.45. The van der Waals surface area contributed by atoms with E-state index in [1.165, 1.54) is 22.3 Å². The van der Waals surface area contributed by atoms with Crippen molar-refractivity contribution in [1.29, 1.82) is 0 Å². The molecule has 114 valence electrons. The van der Waals surface area contributed by atoms with Crippen molar-refractivity contribution in [2.45, 2.75) is 27.0 Å². The summed E-state index contributed by atoms with van der Waals surface area (Å²) >= 11 is 0. The molecule has 0 saturated carbocycles. The van der Waals surface area contributed by atoms with Gasteiger partial charge in [-0.3, -0.25) is 0 Å². The fourth-order valence-corrected chi connectivity index (χ4v) is 2.06. The summed E-state index contributed by atoms with van der Waals surface area (Å²) in [4.78, 5) is 2.18. The number of nitrogens with zero attached hydrogens (tertiary/aromatic N) is 1. The molecule has 0 unspecified atom stereocenters. The van der Waals surface area contributed by atoms with Crippen LogP contribution in [0.15, 0.2) is 48.5 Å². The SMILES string of the molecule is COCc1ccccc1C.Cc1ccccc1CN(C)C. The van der Waals surface area contributed by atoms with Crippen LogP contribution < -0.4 is 0 Å². The van der Waals surface area contributed by atoms with E-state index in [2.05, 4.69) is 69.2 Å². The van der Waals surface area contributed by atoms with Crippen LogP contribution in [0.5, 0.6) is 0 Å². The molecule has 0 aliphatic rings. The van der Waals surface area contributed by atoms with Crippen molar-refractivity contribution in [3.8, 4) is 0 Å². The molecular weight excluding hydrogens is 258 g/mol. The topological polar surface area (TPSA) is 12.5 Å². The number of rotatable bonds is 4. The zero-order chi connectivity index (χ0) is 15.7. The minimum absolute atomic E-state index is 0.715. The maximum absolute atomic E-state index is 5.01. The van der Waals surface area contributed by atoms with Gasteiger partial charge < -0.3 is 9.64 Å². The third kappa shape index (κ3) is 6.56. The summed E-state index contributed by atoms with van der Waals surface area (Å²) in [5.41, 5.74) is 5.35. The van der Waals surface area contributed by atoms with Crippen LogP contribution in [0.2, 0.25) is 0 Å². The first-order valence-electron chi connectivity index (χ1n) is 7.27. The van der Waals surface area contributed by atoms with Gasteiger partial charge in [0.1, 0.15) is 0 Å². The lowest BCUT2D eigenvalue weighted by Crippen LogP contribution is -2.11. The van der Waals surface area contributed by atoms with E-state index in [1.54, 1.807) is 7.11 Å². The number of aryl methyl sites for hydroxylation is 2. The summed E-state index contributed by atoms with van der Waals surface area (Å²) in [7, 11) is 5.89. The van der Waals surface area contributed by atoms with Gasteiger partial charge in [0, 0.05) is 13.7 Å². The Morgan fingerprint density at radius 1 is 0.810 bits per heavy atom. The van der Waals surface area contributed by atoms with Gasteiger partial charge >= 0.3 is 0 Å². The molecule has 0 heterocycles. The van der Waals surface area contributed by atoms with Gasteiger partial charge in [0.05, 0.1) is 6.61 Å². The van der Waals surface area contributed by atoms with Crippen molar-refractivity contribution in [1.82, 2.24) is 4.90 Å². The molecule has 0 atom stereocenters. The number of hydrogen-bond acceptors (Lipinski definition) is 2. The Hall–Kier alpha value is -1.64. The van der Waals surface area contributed by atoms with Gasteiger partial charge in [0.25, 0.3) is 0 Å². The van der Waals surface area contributed by atoms with Crippen LogP contribution in [0.4, 0.5) is 0 Å². The molecule has 0 amide bonds. The highest BCUT2D eigenvalue weighted by molar-refractivity contribution is 5.25. The zero-order valence-corrected chi connectivity index (χ0v) is 13.9. The number of benzene rings is 2. The highest BCUT2D eigenvalue weighted by Crippen LogP contribution is 2.08. The summed E-state index contributed by atoms with van der Waals surface area (Å²) in [6.45, 7) is 5.99. The molecule has 2 aromatic carbocycles. The average molecular weight is 285 g/mol. The second-order valence-electron chi connectivity index (χ2n) is 5.52. The summed E-state index contributed by atoms with van der Waals surface area (Å²) < 4.78 is 5.01. The molecule has 2 aromatic rings. The quantitative estimate of drug-likeness (QED) is 0.835. The zero-order valence-electron chi connectivity index (χ0n) is 13.9. The molecule has 0 spiro atoms. The van der Waals surface area contributed by atoms with E-state index < -0.39 is 0 Å². The van der Waals surface area contributed by atoms with E-state index >= 15 is 0 Å². The summed E-state index contributed by atoms with van der Waals surface area (Å²) in [5, 5.41) is 0. The molecule has 0 aliphatic heterocycles. The lowest BCUT2D eigenvalue weighted by molar-refractivity contribution is 0.184. The standard InChI is InChI=1S/C10H15N.C9H12O/c1-9-6-4-5-7-10(9)8-11(2)3;1-8-5-3-4-6-9(8)7-10-2/h4-7H,8H2,1-3H3;3-6H,7H2,1-2H3. The van der Waals surface area contributed by atoms with Gasteiger partial charge in [-0.25, -0.2) is 0 Å². The monoisotopic (exact) mass is 285 g/mol. The molecule has 0 aliphatic carbocycles. The largest absolute Gasteiger partial charge is 0.380 e. The molecule has 0 fully saturated rings. The predicted molar refractivity (Wildman–Crippen MR) is 90.5 cm³/mol. The molecule has 0 bridgehead atoms. The first-order chi connectivity index (χ1) is 10.0. The van der Waals surface area contributed by atoms with Crippen molar-refractivity contribution >= 4 is 0 Å². The van der Waals surface area contributed by atoms with Gasteiger partial charge in [-0.1, -0.05) is 48.5 Å². The predicted octanol–water partition coefficient (Wildman–Crippen LogP) is 4.20. The van der Waals surface area contributed by atoms with Crippen LogP contribution in [-0.2, 0) is 17.9 Å².